The molecule has 0 aliphatic carbocycles. The van der Waals surface area contributed by atoms with E-state index in [-0.39, 0.29) is 0 Å². The first-order valence-corrected chi connectivity index (χ1v) is 7.51. The zero-order chi connectivity index (χ0) is 13.2. The van der Waals surface area contributed by atoms with E-state index < -0.39 is 0 Å². The van der Waals surface area contributed by atoms with Gasteiger partial charge in [-0.1, -0.05) is 19.9 Å². The van der Waals surface area contributed by atoms with Gasteiger partial charge in [0, 0.05) is 22.9 Å². The van der Waals surface area contributed by atoms with Gasteiger partial charge >= 0.3 is 0 Å². The van der Waals surface area contributed by atoms with Crippen molar-refractivity contribution in [2.24, 2.45) is 5.92 Å². The number of unbranched alkanes of at least 4 members (excludes halogenated alkanes) is 1. The number of nitrogens with one attached hydrogen (secondary N) is 1. The van der Waals surface area contributed by atoms with Gasteiger partial charge in [0.05, 0.1) is 6.61 Å². The minimum atomic E-state index is 0.706. The lowest BCUT2D eigenvalue weighted by Gasteiger charge is -2.05. The Labute approximate surface area is 115 Å². The predicted molar refractivity (Wildman–Crippen MR) is 80.0 cm³/mol. The summed E-state index contributed by atoms with van der Waals surface area (Å²) in [6.07, 6.45) is 4.04. The zero-order valence-electron chi connectivity index (χ0n) is 11.6. The van der Waals surface area contributed by atoms with E-state index in [0.29, 0.717) is 5.92 Å². The van der Waals surface area contributed by atoms with Crippen LogP contribution >= 0.6 is 11.3 Å². The molecule has 1 rings (SSSR count). The topological polar surface area (TPSA) is 21.3 Å². The summed E-state index contributed by atoms with van der Waals surface area (Å²) in [5, 5.41) is 3.46. The molecule has 0 spiro atoms. The van der Waals surface area contributed by atoms with E-state index in [4.69, 9.17) is 4.74 Å². The Morgan fingerprint density at radius 3 is 2.89 bits per heavy atom. The van der Waals surface area contributed by atoms with E-state index in [1.54, 1.807) is 0 Å². The highest BCUT2D eigenvalue weighted by atomic mass is 32.1. The molecular formula is C15H25NOS. The second-order valence-corrected chi connectivity index (χ2v) is 6.13. The molecule has 1 aromatic rings. The van der Waals surface area contributed by atoms with E-state index in [0.717, 1.165) is 39.1 Å². The van der Waals surface area contributed by atoms with Crippen molar-refractivity contribution >= 4 is 11.3 Å². The largest absolute Gasteiger partial charge is 0.376 e. The molecule has 0 unspecified atom stereocenters. The summed E-state index contributed by atoms with van der Waals surface area (Å²) >= 11 is 1.84. The molecule has 0 saturated carbocycles. The van der Waals surface area contributed by atoms with E-state index in [2.05, 4.69) is 37.9 Å². The van der Waals surface area contributed by atoms with Crippen LogP contribution in [0.2, 0.25) is 0 Å². The van der Waals surface area contributed by atoms with Crippen LogP contribution in [0.15, 0.2) is 24.8 Å². The van der Waals surface area contributed by atoms with Crippen molar-refractivity contribution < 1.29 is 4.74 Å². The molecule has 3 heteroatoms. The van der Waals surface area contributed by atoms with Gasteiger partial charge in [-0.15, -0.1) is 17.9 Å². The van der Waals surface area contributed by atoms with E-state index in [1.807, 2.05) is 17.4 Å². The molecule has 0 aliphatic rings. The third kappa shape index (κ3) is 6.94. The molecule has 0 aliphatic heterocycles. The van der Waals surface area contributed by atoms with Crippen LogP contribution in [0.5, 0.6) is 0 Å². The van der Waals surface area contributed by atoms with Crippen molar-refractivity contribution in [2.75, 3.05) is 13.2 Å². The number of rotatable bonds is 10. The molecule has 18 heavy (non-hydrogen) atoms. The number of hydrogen-bond donors (Lipinski definition) is 1. The second-order valence-electron chi connectivity index (χ2n) is 4.88. The Hall–Kier alpha value is -0.640. The molecule has 1 heterocycles. The number of hydrogen-bond acceptors (Lipinski definition) is 3. The van der Waals surface area contributed by atoms with Gasteiger partial charge in [-0.3, -0.25) is 0 Å². The van der Waals surface area contributed by atoms with Gasteiger partial charge in [0.2, 0.25) is 0 Å². The minimum Gasteiger partial charge on any atom is -0.376 e. The molecule has 0 bridgehead atoms. The Bertz CT molecular complexity index is 333. The van der Waals surface area contributed by atoms with Crippen molar-refractivity contribution in [3.05, 3.63) is 34.5 Å². The van der Waals surface area contributed by atoms with Gasteiger partial charge in [0.25, 0.3) is 0 Å². The molecule has 0 amide bonds. The number of allylic oxidation sites excluding steroid dienone is 1. The lowest BCUT2D eigenvalue weighted by molar-refractivity contribution is 0.121. The van der Waals surface area contributed by atoms with Gasteiger partial charge in [-0.05, 0) is 37.4 Å². The maximum absolute atomic E-state index is 5.62. The Balaban J connectivity index is 2.15. The molecular weight excluding hydrogens is 242 g/mol. The fraction of sp³-hybridized carbons (Fsp3) is 0.600. The van der Waals surface area contributed by atoms with Crippen molar-refractivity contribution in [3.63, 3.8) is 0 Å². The number of thiophene rings is 1. The quantitative estimate of drug-likeness (QED) is 0.511. The summed E-state index contributed by atoms with van der Waals surface area (Å²) in [6.45, 7) is 11.8. The summed E-state index contributed by atoms with van der Waals surface area (Å²) in [5.74, 6) is 0.706. The maximum atomic E-state index is 5.62. The molecule has 0 saturated heterocycles. The van der Waals surface area contributed by atoms with Gasteiger partial charge < -0.3 is 10.1 Å². The van der Waals surface area contributed by atoms with Crippen molar-refractivity contribution in [3.8, 4) is 0 Å². The molecule has 1 N–H and O–H groups in total. The van der Waals surface area contributed by atoms with Crippen molar-refractivity contribution in [1.29, 1.82) is 0 Å². The van der Waals surface area contributed by atoms with Crippen LogP contribution in [0, 0.1) is 5.92 Å². The molecule has 102 valence electrons. The first-order valence-electron chi connectivity index (χ1n) is 6.69. The summed E-state index contributed by atoms with van der Waals surface area (Å²) in [7, 11) is 0. The van der Waals surface area contributed by atoms with Crippen LogP contribution in [-0.2, 0) is 17.9 Å². The highest BCUT2D eigenvalue weighted by molar-refractivity contribution is 7.11. The SMILES string of the molecule is C=CCCCOCc1ccc(CNCC(C)C)s1. The van der Waals surface area contributed by atoms with Crippen LogP contribution < -0.4 is 5.32 Å². The van der Waals surface area contributed by atoms with Gasteiger partial charge in [0.1, 0.15) is 0 Å². The minimum absolute atomic E-state index is 0.706. The molecule has 1 aromatic heterocycles. The Kier molecular flexibility index (Phi) is 7.98. The molecule has 0 radical (unpaired) electrons. The monoisotopic (exact) mass is 267 g/mol. The Morgan fingerprint density at radius 1 is 1.39 bits per heavy atom. The highest BCUT2D eigenvalue weighted by Gasteiger charge is 2.01. The molecule has 2 nitrogen and oxygen atoms in total. The van der Waals surface area contributed by atoms with Crippen LogP contribution in [0.1, 0.15) is 36.4 Å². The van der Waals surface area contributed by atoms with Gasteiger partial charge in [-0.2, -0.15) is 0 Å². The van der Waals surface area contributed by atoms with Crippen LogP contribution in [0.3, 0.4) is 0 Å². The van der Waals surface area contributed by atoms with Crippen LogP contribution in [0.25, 0.3) is 0 Å². The summed E-state index contributed by atoms with van der Waals surface area (Å²) < 4.78 is 5.62. The summed E-state index contributed by atoms with van der Waals surface area (Å²) in [5.41, 5.74) is 0. The zero-order valence-corrected chi connectivity index (χ0v) is 12.4. The third-order valence-electron chi connectivity index (χ3n) is 2.51. The van der Waals surface area contributed by atoms with E-state index >= 15 is 0 Å². The molecule has 0 fully saturated rings. The van der Waals surface area contributed by atoms with E-state index in [1.165, 1.54) is 9.75 Å². The van der Waals surface area contributed by atoms with Gasteiger partial charge in [-0.25, -0.2) is 0 Å². The summed E-state index contributed by atoms with van der Waals surface area (Å²) in [4.78, 5) is 2.70. The van der Waals surface area contributed by atoms with Crippen molar-refractivity contribution in [2.45, 2.75) is 39.8 Å². The maximum Gasteiger partial charge on any atom is 0.0809 e. The number of ether oxygens (including phenoxy) is 1. The van der Waals surface area contributed by atoms with Crippen molar-refractivity contribution in [1.82, 2.24) is 5.32 Å². The molecule has 0 aromatic carbocycles. The predicted octanol–water partition coefficient (Wildman–Crippen LogP) is 3.98. The standard InChI is InChI=1S/C15H25NOS/c1-4-5-6-9-17-12-15-8-7-14(18-15)11-16-10-13(2)3/h4,7-8,13,16H,1,5-6,9-12H2,2-3H3. The average Bonchev–Trinajstić information content (AvgIpc) is 2.76. The normalized spacial score (nSPS) is 11.1. The fourth-order valence-electron chi connectivity index (χ4n) is 1.58. The van der Waals surface area contributed by atoms with Crippen LogP contribution in [-0.4, -0.2) is 13.2 Å². The fourth-order valence-corrected chi connectivity index (χ4v) is 2.51. The lowest BCUT2D eigenvalue weighted by atomic mass is 10.2. The first kappa shape index (κ1) is 15.4. The molecule has 0 atom stereocenters. The van der Waals surface area contributed by atoms with Gasteiger partial charge in [0.15, 0.2) is 0 Å². The third-order valence-corrected chi connectivity index (χ3v) is 3.57. The smallest absolute Gasteiger partial charge is 0.0809 e. The average molecular weight is 267 g/mol. The Morgan fingerprint density at radius 2 is 2.17 bits per heavy atom. The first-order chi connectivity index (χ1) is 8.72. The summed E-state index contributed by atoms with van der Waals surface area (Å²) in [6, 6.07) is 4.37. The second kappa shape index (κ2) is 9.31. The van der Waals surface area contributed by atoms with E-state index in [9.17, 15) is 0 Å². The van der Waals surface area contributed by atoms with Crippen LogP contribution in [0.4, 0.5) is 0 Å². The highest BCUT2D eigenvalue weighted by Crippen LogP contribution is 2.17. The lowest BCUT2D eigenvalue weighted by Crippen LogP contribution is -2.18.